The quantitative estimate of drug-likeness (QED) is 0.806. The van der Waals surface area contributed by atoms with Crippen LogP contribution in [0.4, 0.5) is 0 Å². The van der Waals surface area contributed by atoms with Gasteiger partial charge in [-0.1, -0.05) is 12.5 Å². The van der Waals surface area contributed by atoms with Crippen LogP contribution >= 0.6 is 0 Å². The van der Waals surface area contributed by atoms with Crippen LogP contribution in [-0.2, 0) is 9.59 Å². The van der Waals surface area contributed by atoms with Crippen molar-refractivity contribution in [3.8, 4) is 0 Å². The number of hydrogen-bond acceptors (Lipinski definition) is 3. The number of aliphatic hydroxyl groups is 1. The molecule has 0 aromatic heterocycles. The van der Waals surface area contributed by atoms with Crippen molar-refractivity contribution in [2.75, 3.05) is 0 Å². The third kappa shape index (κ3) is 1.98. The molecule has 4 rings (SSSR count). The number of fused-ring (bicyclic) bond motifs is 5. The molecule has 0 aromatic rings. The minimum Gasteiger partial charge on any atom is -0.382 e. The topological polar surface area (TPSA) is 54.4 Å². The molecule has 3 saturated carbocycles. The molecule has 6 atom stereocenters. The Kier molecular flexibility index (Phi) is 3.39. The lowest BCUT2D eigenvalue weighted by molar-refractivity contribution is -0.157. The van der Waals surface area contributed by atoms with Gasteiger partial charge in [0.25, 0.3) is 0 Å². The molecule has 23 heavy (non-hydrogen) atoms. The molecular formula is C20H28O3. The molecule has 0 spiro atoms. The maximum absolute atomic E-state index is 12.2. The summed E-state index contributed by atoms with van der Waals surface area (Å²) in [6, 6.07) is 0. The minimum absolute atomic E-state index is 0.0411. The number of carbonyl (C=O) groups is 2. The zero-order valence-corrected chi connectivity index (χ0v) is 14.3. The second-order valence-corrected chi connectivity index (χ2v) is 8.71. The lowest BCUT2D eigenvalue weighted by Gasteiger charge is -2.55. The minimum atomic E-state index is -1.11. The van der Waals surface area contributed by atoms with Gasteiger partial charge in [0.1, 0.15) is 5.60 Å². The Morgan fingerprint density at radius 1 is 1.13 bits per heavy atom. The predicted molar refractivity (Wildman–Crippen MR) is 87.7 cm³/mol. The van der Waals surface area contributed by atoms with Crippen molar-refractivity contribution in [2.45, 2.75) is 70.8 Å². The monoisotopic (exact) mass is 316 g/mol. The summed E-state index contributed by atoms with van der Waals surface area (Å²) in [6.45, 7) is 3.73. The van der Waals surface area contributed by atoms with Crippen molar-refractivity contribution in [1.29, 1.82) is 0 Å². The third-order valence-electron chi connectivity index (χ3n) is 8.03. The second kappa shape index (κ2) is 5.02. The highest BCUT2D eigenvalue weighted by molar-refractivity contribution is 5.91. The van der Waals surface area contributed by atoms with E-state index < -0.39 is 5.60 Å². The van der Waals surface area contributed by atoms with Crippen molar-refractivity contribution in [3.05, 3.63) is 11.6 Å². The first-order chi connectivity index (χ1) is 10.9. The van der Waals surface area contributed by atoms with E-state index in [2.05, 4.69) is 6.92 Å². The molecule has 4 aliphatic carbocycles. The molecule has 0 radical (unpaired) electrons. The second-order valence-electron chi connectivity index (χ2n) is 8.71. The fraction of sp³-hybridized carbons (Fsp3) is 0.800. The van der Waals surface area contributed by atoms with E-state index in [-0.39, 0.29) is 11.2 Å². The van der Waals surface area contributed by atoms with Gasteiger partial charge >= 0.3 is 0 Å². The highest BCUT2D eigenvalue weighted by Gasteiger charge is 2.64. The number of ketones is 2. The van der Waals surface area contributed by atoms with Crippen LogP contribution in [0.5, 0.6) is 0 Å². The molecule has 3 fully saturated rings. The maximum atomic E-state index is 12.2. The molecule has 0 saturated heterocycles. The van der Waals surface area contributed by atoms with Crippen LogP contribution in [0.25, 0.3) is 0 Å². The largest absolute Gasteiger partial charge is 0.382 e. The van der Waals surface area contributed by atoms with E-state index in [0.29, 0.717) is 42.3 Å². The molecule has 0 heterocycles. The summed E-state index contributed by atoms with van der Waals surface area (Å²) >= 11 is 0. The predicted octanol–water partition coefficient (Wildman–Crippen LogP) is 3.45. The average molecular weight is 316 g/mol. The van der Waals surface area contributed by atoms with Gasteiger partial charge in [0.2, 0.25) is 0 Å². The summed E-state index contributed by atoms with van der Waals surface area (Å²) in [5.41, 5.74) is 0.0402. The van der Waals surface area contributed by atoms with Gasteiger partial charge in [0.15, 0.2) is 11.6 Å². The maximum Gasteiger partial charge on any atom is 0.161 e. The standard InChI is InChI=1S/C20H28O3/c1-12(21)20(23)10-8-18-17-5-3-13-11-14(22)4-6-15(13)16(17)7-9-19(18,20)2/h11,15-18,23H,3-10H2,1-2H3/t15?,16?,17?,18?,19?,20-/m0/s1. The zero-order chi connectivity index (χ0) is 16.4. The van der Waals surface area contributed by atoms with Gasteiger partial charge in [0, 0.05) is 11.8 Å². The molecule has 0 bridgehead atoms. The van der Waals surface area contributed by atoms with Gasteiger partial charge in [-0.2, -0.15) is 0 Å². The van der Waals surface area contributed by atoms with Crippen molar-refractivity contribution < 1.29 is 14.7 Å². The summed E-state index contributed by atoms with van der Waals surface area (Å²) in [5.74, 6) is 2.60. The molecule has 126 valence electrons. The number of Topliss-reactive ketones (excluding diaryl/α,β-unsaturated/α-hetero) is 1. The third-order valence-corrected chi connectivity index (χ3v) is 8.03. The molecule has 0 aromatic carbocycles. The lowest BCUT2D eigenvalue weighted by atomic mass is 9.50. The van der Waals surface area contributed by atoms with E-state index in [1.165, 1.54) is 5.57 Å². The fourth-order valence-corrected chi connectivity index (χ4v) is 6.78. The first kappa shape index (κ1) is 15.6. The molecule has 3 heteroatoms. The summed E-state index contributed by atoms with van der Waals surface area (Å²) < 4.78 is 0. The van der Waals surface area contributed by atoms with E-state index in [1.807, 2.05) is 6.08 Å². The Morgan fingerprint density at radius 3 is 2.65 bits per heavy atom. The average Bonchev–Trinajstić information content (AvgIpc) is 2.80. The van der Waals surface area contributed by atoms with E-state index >= 15 is 0 Å². The molecule has 4 aliphatic rings. The zero-order valence-electron chi connectivity index (χ0n) is 14.3. The van der Waals surface area contributed by atoms with E-state index in [0.717, 1.165) is 38.5 Å². The van der Waals surface area contributed by atoms with Crippen LogP contribution in [-0.4, -0.2) is 22.3 Å². The Balaban J connectivity index is 1.65. The number of allylic oxidation sites excluding steroid dienone is 1. The van der Waals surface area contributed by atoms with Crippen LogP contribution in [0, 0.1) is 29.1 Å². The summed E-state index contributed by atoms with van der Waals surface area (Å²) in [7, 11) is 0. The summed E-state index contributed by atoms with van der Waals surface area (Å²) in [6.07, 6.45) is 9.51. The molecule has 0 aliphatic heterocycles. The molecular weight excluding hydrogens is 288 g/mol. The first-order valence-corrected chi connectivity index (χ1v) is 9.33. The SMILES string of the molecule is CC(=O)[C@@]1(O)CCC2C3CCC4=CC(=O)CCC4C3CCC21C. The Bertz CT molecular complexity index is 592. The van der Waals surface area contributed by atoms with Gasteiger partial charge < -0.3 is 5.11 Å². The first-order valence-electron chi connectivity index (χ1n) is 9.33. The van der Waals surface area contributed by atoms with Crippen molar-refractivity contribution in [3.63, 3.8) is 0 Å². The summed E-state index contributed by atoms with van der Waals surface area (Å²) in [5, 5.41) is 11.1. The Labute approximate surface area is 138 Å². The van der Waals surface area contributed by atoms with E-state index in [4.69, 9.17) is 0 Å². The molecule has 5 unspecified atom stereocenters. The Hall–Kier alpha value is -0.960. The van der Waals surface area contributed by atoms with E-state index in [9.17, 15) is 14.7 Å². The van der Waals surface area contributed by atoms with E-state index in [1.54, 1.807) is 6.92 Å². The molecule has 0 amide bonds. The smallest absolute Gasteiger partial charge is 0.161 e. The van der Waals surface area contributed by atoms with Crippen LogP contribution in [0.3, 0.4) is 0 Å². The lowest BCUT2D eigenvalue weighted by Crippen LogP contribution is -2.55. The van der Waals surface area contributed by atoms with Gasteiger partial charge in [-0.3, -0.25) is 9.59 Å². The number of carbonyl (C=O) groups excluding carboxylic acids is 2. The van der Waals surface area contributed by atoms with Gasteiger partial charge in [-0.05, 0) is 81.6 Å². The van der Waals surface area contributed by atoms with Gasteiger partial charge in [0.05, 0.1) is 0 Å². The van der Waals surface area contributed by atoms with Crippen LogP contribution < -0.4 is 0 Å². The van der Waals surface area contributed by atoms with Crippen molar-refractivity contribution in [2.24, 2.45) is 29.1 Å². The highest BCUT2D eigenvalue weighted by atomic mass is 16.3. The normalized spacial score (nSPS) is 49.0. The highest BCUT2D eigenvalue weighted by Crippen LogP contribution is 2.64. The van der Waals surface area contributed by atoms with Crippen LogP contribution in [0.2, 0.25) is 0 Å². The fourth-order valence-electron chi connectivity index (χ4n) is 6.78. The number of hydrogen-bond donors (Lipinski definition) is 1. The van der Waals surface area contributed by atoms with Crippen molar-refractivity contribution in [1.82, 2.24) is 0 Å². The summed E-state index contributed by atoms with van der Waals surface area (Å²) in [4.78, 5) is 23.9. The number of rotatable bonds is 1. The van der Waals surface area contributed by atoms with Crippen LogP contribution in [0.1, 0.15) is 65.2 Å². The van der Waals surface area contributed by atoms with Gasteiger partial charge in [-0.25, -0.2) is 0 Å². The van der Waals surface area contributed by atoms with Crippen molar-refractivity contribution >= 4 is 11.6 Å². The molecule has 3 nitrogen and oxygen atoms in total. The van der Waals surface area contributed by atoms with Gasteiger partial charge in [-0.15, -0.1) is 0 Å². The molecule has 1 N–H and O–H groups in total. The Morgan fingerprint density at radius 2 is 1.91 bits per heavy atom. The van der Waals surface area contributed by atoms with Crippen LogP contribution in [0.15, 0.2) is 11.6 Å².